The van der Waals surface area contributed by atoms with Gasteiger partial charge in [-0.25, -0.2) is 4.98 Å². The van der Waals surface area contributed by atoms with E-state index in [1.807, 2.05) is 31.2 Å². The fourth-order valence-electron chi connectivity index (χ4n) is 2.00. The Morgan fingerprint density at radius 1 is 1.30 bits per heavy atom. The molecule has 0 atom stereocenters. The van der Waals surface area contributed by atoms with Crippen LogP contribution >= 0.6 is 11.6 Å². The number of aromatic amines is 1. The number of phenolic OH excluding ortho intramolecular Hbond substituents is 1. The zero-order valence-electron chi connectivity index (χ0n) is 10.8. The fraction of sp³-hybridized carbons (Fsp3) is 0.0667. The molecule has 0 aliphatic heterocycles. The maximum absolute atomic E-state index is 9.90. The second-order valence-corrected chi connectivity index (χ2v) is 4.95. The van der Waals surface area contributed by atoms with Crippen LogP contribution in [0, 0.1) is 6.92 Å². The minimum atomic E-state index is 0.0434. The van der Waals surface area contributed by atoms with Gasteiger partial charge in [-0.2, -0.15) is 0 Å². The monoisotopic (exact) mass is 285 g/mol. The molecule has 2 aromatic carbocycles. The van der Waals surface area contributed by atoms with E-state index < -0.39 is 0 Å². The van der Waals surface area contributed by atoms with Crippen LogP contribution in [0.5, 0.6) is 5.75 Å². The second kappa shape index (κ2) is 4.98. The molecule has 0 spiro atoms. The van der Waals surface area contributed by atoms with Gasteiger partial charge < -0.3 is 10.1 Å². The molecule has 3 rings (SSSR count). The number of rotatable bonds is 2. The summed E-state index contributed by atoms with van der Waals surface area (Å²) in [5, 5.41) is 10.2. The van der Waals surface area contributed by atoms with Crippen LogP contribution in [0.25, 0.3) is 11.0 Å². The maximum Gasteiger partial charge on any atom is 0.142 e. The average Bonchev–Trinajstić information content (AvgIpc) is 2.88. The van der Waals surface area contributed by atoms with Crippen molar-refractivity contribution in [3.05, 3.63) is 52.8 Å². The minimum Gasteiger partial charge on any atom is -0.506 e. The number of nitrogens with zero attached hydrogens (tertiary/aromatic N) is 2. The summed E-state index contributed by atoms with van der Waals surface area (Å²) in [7, 11) is 0. The van der Waals surface area contributed by atoms with Gasteiger partial charge >= 0.3 is 0 Å². The quantitative estimate of drug-likeness (QED) is 0.700. The smallest absolute Gasteiger partial charge is 0.142 e. The Bertz CT molecular complexity index is 808. The number of fused-ring (bicyclic) bond motifs is 1. The Labute approximate surface area is 120 Å². The van der Waals surface area contributed by atoms with Crippen LogP contribution < -0.4 is 0 Å². The lowest BCUT2D eigenvalue weighted by Gasteiger charge is -2.03. The Morgan fingerprint density at radius 3 is 3.00 bits per heavy atom. The third-order valence-corrected chi connectivity index (χ3v) is 3.28. The molecule has 100 valence electrons. The van der Waals surface area contributed by atoms with Crippen LogP contribution in [0.4, 0.5) is 5.69 Å². The van der Waals surface area contributed by atoms with Gasteiger partial charge in [0.05, 0.1) is 28.1 Å². The van der Waals surface area contributed by atoms with Crippen molar-refractivity contribution in [1.29, 1.82) is 0 Å². The number of phenols is 1. The first-order chi connectivity index (χ1) is 9.63. The molecular weight excluding hydrogens is 274 g/mol. The molecule has 0 aliphatic carbocycles. The predicted molar refractivity (Wildman–Crippen MR) is 81.2 cm³/mol. The minimum absolute atomic E-state index is 0.0434. The maximum atomic E-state index is 9.90. The summed E-state index contributed by atoms with van der Waals surface area (Å²) in [5.41, 5.74) is 4.15. The van der Waals surface area contributed by atoms with Crippen molar-refractivity contribution >= 4 is 34.5 Å². The van der Waals surface area contributed by atoms with Gasteiger partial charge in [0.15, 0.2) is 0 Å². The normalized spacial score (nSPS) is 11.5. The van der Waals surface area contributed by atoms with E-state index >= 15 is 0 Å². The number of aromatic nitrogens is 2. The zero-order valence-corrected chi connectivity index (χ0v) is 11.5. The van der Waals surface area contributed by atoms with Gasteiger partial charge in [0, 0.05) is 11.8 Å². The van der Waals surface area contributed by atoms with E-state index in [0.29, 0.717) is 10.6 Å². The number of imidazole rings is 1. The first-order valence-corrected chi connectivity index (χ1v) is 6.47. The Kier molecular flexibility index (Phi) is 3.16. The summed E-state index contributed by atoms with van der Waals surface area (Å²) < 4.78 is 0. The summed E-state index contributed by atoms with van der Waals surface area (Å²) in [4.78, 5) is 11.6. The van der Waals surface area contributed by atoms with Crippen molar-refractivity contribution in [1.82, 2.24) is 9.97 Å². The van der Waals surface area contributed by atoms with Gasteiger partial charge in [-0.1, -0.05) is 11.6 Å². The van der Waals surface area contributed by atoms with Crippen molar-refractivity contribution in [2.24, 2.45) is 4.99 Å². The molecule has 1 heterocycles. The number of hydrogen-bond acceptors (Lipinski definition) is 3. The SMILES string of the molecule is Cc1cc(Cl)c(O)c(/C=N/c2ccc3[nH]cnc3c2)c1. The first-order valence-electron chi connectivity index (χ1n) is 6.10. The number of nitrogens with one attached hydrogen (secondary N) is 1. The van der Waals surface area contributed by atoms with Crippen LogP contribution in [0.15, 0.2) is 41.7 Å². The molecule has 0 bridgehead atoms. The summed E-state index contributed by atoms with van der Waals surface area (Å²) >= 11 is 5.94. The van der Waals surface area contributed by atoms with Crippen molar-refractivity contribution in [3.63, 3.8) is 0 Å². The molecule has 0 amide bonds. The van der Waals surface area contributed by atoms with E-state index in [-0.39, 0.29) is 5.75 Å². The number of hydrogen-bond donors (Lipinski definition) is 2. The van der Waals surface area contributed by atoms with E-state index in [0.717, 1.165) is 22.3 Å². The molecule has 0 fully saturated rings. The largest absolute Gasteiger partial charge is 0.506 e. The number of benzene rings is 2. The van der Waals surface area contributed by atoms with Crippen LogP contribution in [0.2, 0.25) is 5.02 Å². The molecule has 20 heavy (non-hydrogen) atoms. The van der Waals surface area contributed by atoms with Gasteiger partial charge in [-0.05, 0) is 42.8 Å². The highest BCUT2D eigenvalue weighted by molar-refractivity contribution is 6.32. The number of aliphatic imine (C=N–C) groups is 1. The van der Waals surface area contributed by atoms with E-state index in [4.69, 9.17) is 11.6 Å². The highest BCUT2D eigenvalue weighted by Crippen LogP contribution is 2.28. The molecule has 0 aliphatic rings. The van der Waals surface area contributed by atoms with E-state index in [1.54, 1.807) is 18.6 Å². The number of halogens is 1. The Hall–Kier alpha value is -2.33. The molecule has 4 nitrogen and oxygen atoms in total. The van der Waals surface area contributed by atoms with Gasteiger partial charge in [0.25, 0.3) is 0 Å². The van der Waals surface area contributed by atoms with Crippen LogP contribution in [0.3, 0.4) is 0 Å². The molecule has 1 aromatic heterocycles. The van der Waals surface area contributed by atoms with Gasteiger partial charge in [-0.15, -0.1) is 0 Å². The number of aryl methyl sites for hydroxylation is 1. The molecule has 2 N–H and O–H groups in total. The molecule has 0 saturated carbocycles. The van der Waals surface area contributed by atoms with E-state index in [9.17, 15) is 5.11 Å². The molecule has 3 aromatic rings. The number of aromatic hydroxyl groups is 1. The fourth-order valence-corrected chi connectivity index (χ4v) is 2.29. The summed E-state index contributed by atoms with van der Waals surface area (Å²) in [5.74, 6) is 0.0434. The third-order valence-electron chi connectivity index (χ3n) is 2.99. The molecular formula is C15H12ClN3O. The molecule has 0 unspecified atom stereocenters. The number of H-pyrrole nitrogens is 1. The van der Waals surface area contributed by atoms with Gasteiger partial charge in [0.1, 0.15) is 5.75 Å². The predicted octanol–water partition coefficient (Wildman–Crippen LogP) is 3.98. The highest BCUT2D eigenvalue weighted by atomic mass is 35.5. The second-order valence-electron chi connectivity index (χ2n) is 4.55. The van der Waals surface area contributed by atoms with Crippen LogP contribution in [0.1, 0.15) is 11.1 Å². The van der Waals surface area contributed by atoms with E-state index in [2.05, 4.69) is 15.0 Å². The van der Waals surface area contributed by atoms with Gasteiger partial charge in [0.2, 0.25) is 0 Å². The lowest BCUT2D eigenvalue weighted by molar-refractivity contribution is 0.474. The zero-order chi connectivity index (χ0) is 14.1. The summed E-state index contributed by atoms with van der Waals surface area (Å²) in [6, 6.07) is 9.21. The Balaban J connectivity index is 1.97. The molecule has 0 radical (unpaired) electrons. The van der Waals surface area contributed by atoms with Crippen molar-refractivity contribution in [2.45, 2.75) is 6.92 Å². The lowest BCUT2D eigenvalue weighted by atomic mass is 10.1. The summed E-state index contributed by atoms with van der Waals surface area (Å²) in [6.45, 7) is 1.92. The van der Waals surface area contributed by atoms with E-state index in [1.165, 1.54) is 0 Å². The molecule has 5 heteroatoms. The Morgan fingerprint density at radius 2 is 2.15 bits per heavy atom. The van der Waals surface area contributed by atoms with Crippen molar-refractivity contribution in [3.8, 4) is 5.75 Å². The van der Waals surface area contributed by atoms with Crippen LogP contribution in [-0.2, 0) is 0 Å². The molecule has 0 saturated heterocycles. The lowest BCUT2D eigenvalue weighted by Crippen LogP contribution is -1.85. The summed E-state index contributed by atoms with van der Waals surface area (Å²) in [6.07, 6.45) is 3.24. The third kappa shape index (κ3) is 2.38. The first kappa shape index (κ1) is 12.7. The van der Waals surface area contributed by atoms with Gasteiger partial charge in [-0.3, -0.25) is 4.99 Å². The van der Waals surface area contributed by atoms with Crippen molar-refractivity contribution in [2.75, 3.05) is 0 Å². The topological polar surface area (TPSA) is 61.3 Å². The average molecular weight is 286 g/mol. The van der Waals surface area contributed by atoms with Crippen LogP contribution in [-0.4, -0.2) is 21.3 Å². The highest BCUT2D eigenvalue weighted by Gasteiger charge is 2.05. The standard InChI is InChI=1S/C15H12ClN3O/c1-9-4-10(15(20)12(16)5-9)7-17-11-2-3-13-14(6-11)19-8-18-13/h2-8,20H,1H3,(H,18,19)/b17-7+. The van der Waals surface area contributed by atoms with Crippen molar-refractivity contribution < 1.29 is 5.11 Å².